The SMILES string of the molecule is NC[C@@H](NS(=O)(=O)CCCF)C1CCCCC1. The molecular formula is C11H23FN2O2S. The van der Waals surface area contributed by atoms with Crippen molar-refractivity contribution in [1.29, 1.82) is 0 Å². The molecule has 0 bridgehead atoms. The highest BCUT2D eigenvalue weighted by molar-refractivity contribution is 7.89. The molecule has 4 nitrogen and oxygen atoms in total. The first kappa shape index (κ1) is 14.9. The highest BCUT2D eigenvalue weighted by atomic mass is 32.2. The van der Waals surface area contributed by atoms with Crippen LogP contribution >= 0.6 is 0 Å². The van der Waals surface area contributed by atoms with Crippen molar-refractivity contribution < 1.29 is 12.8 Å². The van der Waals surface area contributed by atoms with Gasteiger partial charge in [-0.05, 0) is 25.2 Å². The van der Waals surface area contributed by atoms with Crippen LogP contribution in [0, 0.1) is 5.92 Å². The monoisotopic (exact) mass is 266 g/mol. The Kier molecular flexibility index (Phi) is 6.37. The molecule has 0 aromatic heterocycles. The van der Waals surface area contributed by atoms with Crippen molar-refractivity contribution in [1.82, 2.24) is 4.72 Å². The predicted octanol–water partition coefficient (Wildman–Crippen LogP) is 1.17. The number of rotatable bonds is 7. The van der Waals surface area contributed by atoms with Gasteiger partial charge in [0, 0.05) is 12.6 Å². The maximum atomic E-state index is 12.0. The minimum atomic E-state index is -3.37. The fraction of sp³-hybridized carbons (Fsp3) is 1.00. The molecule has 17 heavy (non-hydrogen) atoms. The van der Waals surface area contributed by atoms with Crippen molar-refractivity contribution in [3.63, 3.8) is 0 Å². The van der Waals surface area contributed by atoms with E-state index < -0.39 is 16.7 Å². The van der Waals surface area contributed by atoms with E-state index in [2.05, 4.69) is 4.72 Å². The van der Waals surface area contributed by atoms with Crippen molar-refractivity contribution >= 4 is 10.0 Å². The van der Waals surface area contributed by atoms with Crippen LogP contribution < -0.4 is 10.5 Å². The van der Waals surface area contributed by atoms with Crippen LogP contribution in [0.2, 0.25) is 0 Å². The summed E-state index contributed by atoms with van der Waals surface area (Å²) in [5, 5.41) is 0. The largest absolute Gasteiger partial charge is 0.329 e. The summed E-state index contributed by atoms with van der Waals surface area (Å²) in [6.07, 6.45) is 5.64. The lowest BCUT2D eigenvalue weighted by molar-refractivity contribution is 0.294. The Labute approximate surface area is 103 Å². The van der Waals surface area contributed by atoms with E-state index in [9.17, 15) is 12.8 Å². The number of nitrogens with one attached hydrogen (secondary N) is 1. The minimum absolute atomic E-state index is 0.0529. The van der Waals surface area contributed by atoms with Gasteiger partial charge in [0.05, 0.1) is 12.4 Å². The fourth-order valence-corrected chi connectivity index (χ4v) is 3.76. The molecule has 1 aliphatic carbocycles. The number of hydrogen-bond donors (Lipinski definition) is 2. The van der Waals surface area contributed by atoms with E-state index in [1.54, 1.807) is 0 Å². The average molecular weight is 266 g/mol. The zero-order chi connectivity index (χ0) is 12.7. The molecule has 0 aromatic carbocycles. The number of hydrogen-bond acceptors (Lipinski definition) is 3. The van der Waals surface area contributed by atoms with Gasteiger partial charge in [0.25, 0.3) is 0 Å². The van der Waals surface area contributed by atoms with Crippen molar-refractivity contribution in [2.45, 2.75) is 44.6 Å². The summed E-state index contributed by atoms with van der Waals surface area (Å²) in [6, 6.07) is -0.181. The van der Waals surface area contributed by atoms with Crippen molar-refractivity contribution in [2.24, 2.45) is 11.7 Å². The molecular weight excluding hydrogens is 243 g/mol. The summed E-state index contributed by atoms with van der Waals surface area (Å²) in [4.78, 5) is 0. The molecule has 1 aliphatic rings. The standard InChI is InChI=1S/C11H23FN2O2S/c12-7-4-8-17(15,16)14-11(9-13)10-5-2-1-3-6-10/h10-11,14H,1-9,13H2/t11-/m1/s1. The molecule has 0 saturated heterocycles. The molecule has 1 atom stereocenters. The van der Waals surface area contributed by atoms with E-state index in [1.165, 1.54) is 6.42 Å². The summed E-state index contributed by atoms with van der Waals surface area (Å²) in [6.45, 7) is -0.281. The Bertz CT molecular complexity index is 303. The molecule has 1 saturated carbocycles. The van der Waals surface area contributed by atoms with Gasteiger partial charge in [-0.15, -0.1) is 0 Å². The van der Waals surface area contributed by atoms with Crippen LogP contribution in [0.25, 0.3) is 0 Å². The average Bonchev–Trinajstić information content (AvgIpc) is 2.35. The summed E-state index contributed by atoms with van der Waals surface area (Å²) in [5.41, 5.74) is 5.64. The summed E-state index contributed by atoms with van der Waals surface area (Å²) < 4.78 is 37.9. The summed E-state index contributed by atoms with van der Waals surface area (Å²) in [5.74, 6) is 0.195. The van der Waals surface area contributed by atoms with Crippen LogP contribution in [0.3, 0.4) is 0 Å². The van der Waals surface area contributed by atoms with E-state index >= 15 is 0 Å². The van der Waals surface area contributed by atoms with Gasteiger partial charge in [-0.1, -0.05) is 19.3 Å². The zero-order valence-corrected chi connectivity index (χ0v) is 11.0. The number of alkyl halides is 1. The normalized spacial score (nSPS) is 20.4. The molecule has 0 spiro atoms. The third-order valence-corrected chi connectivity index (χ3v) is 4.84. The Morgan fingerprint density at radius 2 is 1.94 bits per heavy atom. The molecule has 6 heteroatoms. The minimum Gasteiger partial charge on any atom is -0.329 e. The molecule has 0 amide bonds. The fourth-order valence-electron chi connectivity index (χ4n) is 2.41. The summed E-state index contributed by atoms with van der Waals surface area (Å²) >= 11 is 0. The maximum Gasteiger partial charge on any atom is 0.211 e. The van der Waals surface area contributed by atoms with E-state index in [4.69, 9.17) is 5.73 Å². The molecule has 1 rings (SSSR count). The van der Waals surface area contributed by atoms with Crippen LogP contribution in [0.1, 0.15) is 38.5 Å². The molecule has 0 unspecified atom stereocenters. The van der Waals surface area contributed by atoms with E-state index in [0.29, 0.717) is 12.5 Å². The zero-order valence-electron chi connectivity index (χ0n) is 10.2. The van der Waals surface area contributed by atoms with Gasteiger partial charge in [-0.25, -0.2) is 13.1 Å². The quantitative estimate of drug-likeness (QED) is 0.726. The van der Waals surface area contributed by atoms with Crippen LogP contribution in [0.15, 0.2) is 0 Å². The Morgan fingerprint density at radius 1 is 1.29 bits per heavy atom. The van der Waals surface area contributed by atoms with Crippen LogP contribution in [0.5, 0.6) is 0 Å². The second kappa shape index (κ2) is 7.28. The van der Waals surface area contributed by atoms with Crippen LogP contribution in [0.4, 0.5) is 4.39 Å². The van der Waals surface area contributed by atoms with Crippen molar-refractivity contribution in [2.75, 3.05) is 19.0 Å². The lowest BCUT2D eigenvalue weighted by Crippen LogP contribution is -2.46. The molecule has 1 fully saturated rings. The van der Waals surface area contributed by atoms with Gasteiger partial charge in [0.2, 0.25) is 10.0 Å². The first-order valence-electron chi connectivity index (χ1n) is 6.35. The van der Waals surface area contributed by atoms with E-state index in [-0.39, 0.29) is 18.2 Å². The molecule has 0 heterocycles. The van der Waals surface area contributed by atoms with Crippen LogP contribution in [-0.2, 0) is 10.0 Å². The van der Waals surface area contributed by atoms with E-state index in [1.807, 2.05) is 0 Å². The Morgan fingerprint density at radius 3 is 2.47 bits per heavy atom. The number of sulfonamides is 1. The topological polar surface area (TPSA) is 72.2 Å². The van der Waals surface area contributed by atoms with Crippen molar-refractivity contribution in [3.8, 4) is 0 Å². The Balaban J connectivity index is 2.50. The second-order valence-electron chi connectivity index (χ2n) is 4.72. The number of halogens is 1. The van der Waals surface area contributed by atoms with Gasteiger partial charge in [0.15, 0.2) is 0 Å². The lowest BCUT2D eigenvalue weighted by atomic mass is 9.84. The smallest absolute Gasteiger partial charge is 0.211 e. The first-order chi connectivity index (χ1) is 8.09. The van der Waals surface area contributed by atoms with Gasteiger partial charge in [0.1, 0.15) is 0 Å². The molecule has 0 radical (unpaired) electrons. The second-order valence-corrected chi connectivity index (χ2v) is 6.59. The van der Waals surface area contributed by atoms with Gasteiger partial charge in [-0.2, -0.15) is 0 Å². The first-order valence-corrected chi connectivity index (χ1v) is 8.00. The molecule has 0 aliphatic heterocycles. The highest BCUT2D eigenvalue weighted by Crippen LogP contribution is 2.26. The lowest BCUT2D eigenvalue weighted by Gasteiger charge is -2.29. The molecule has 0 aromatic rings. The third-order valence-electron chi connectivity index (χ3n) is 3.35. The van der Waals surface area contributed by atoms with Crippen molar-refractivity contribution in [3.05, 3.63) is 0 Å². The predicted molar refractivity (Wildman–Crippen MR) is 66.9 cm³/mol. The van der Waals surface area contributed by atoms with Gasteiger partial charge >= 0.3 is 0 Å². The molecule has 3 N–H and O–H groups in total. The third kappa shape index (κ3) is 5.31. The maximum absolute atomic E-state index is 12.0. The summed E-state index contributed by atoms with van der Waals surface area (Å²) in [7, 11) is -3.37. The van der Waals surface area contributed by atoms with E-state index in [0.717, 1.165) is 25.7 Å². The van der Waals surface area contributed by atoms with Crippen LogP contribution in [-0.4, -0.2) is 33.4 Å². The highest BCUT2D eigenvalue weighted by Gasteiger charge is 2.26. The van der Waals surface area contributed by atoms with Gasteiger partial charge in [-0.3, -0.25) is 4.39 Å². The van der Waals surface area contributed by atoms with Gasteiger partial charge < -0.3 is 5.73 Å². The number of nitrogens with two attached hydrogens (primary N) is 1. The molecule has 102 valence electrons. The Hall–Kier alpha value is -0.200.